The molecule has 1 heterocycles. The van der Waals surface area contributed by atoms with E-state index in [4.69, 9.17) is 14.9 Å². The van der Waals surface area contributed by atoms with Crippen LogP contribution in [0.25, 0.3) is 10.8 Å². The van der Waals surface area contributed by atoms with Gasteiger partial charge < -0.3 is 19.8 Å². The van der Waals surface area contributed by atoms with Crippen LogP contribution >= 0.6 is 0 Å². The molecule has 1 amide bonds. The van der Waals surface area contributed by atoms with Crippen molar-refractivity contribution in [2.45, 2.75) is 19.9 Å². The molecule has 0 aromatic heterocycles. The Morgan fingerprint density at radius 2 is 1.79 bits per heavy atom. The summed E-state index contributed by atoms with van der Waals surface area (Å²) in [5.41, 5.74) is 3.15. The predicted molar refractivity (Wildman–Crippen MR) is 136 cm³/mol. The van der Waals surface area contributed by atoms with Gasteiger partial charge in [-0.15, -0.1) is 0 Å². The van der Waals surface area contributed by atoms with Crippen molar-refractivity contribution < 1.29 is 14.3 Å². The molecule has 4 rings (SSSR count). The van der Waals surface area contributed by atoms with Crippen molar-refractivity contribution in [2.75, 3.05) is 46.0 Å². The van der Waals surface area contributed by atoms with Gasteiger partial charge in [0.15, 0.2) is 6.61 Å². The zero-order valence-corrected chi connectivity index (χ0v) is 19.8. The third-order valence-electron chi connectivity index (χ3n) is 6.28. The Balaban J connectivity index is 1.43. The lowest BCUT2D eigenvalue weighted by Crippen LogP contribution is -2.40. The second-order valence-electron chi connectivity index (χ2n) is 8.74. The van der Waals surface area contributed by atoms with Crippen molar-refractivity contribution in [3.63, 3.8) is 0 Å². The molecule has 0 saturated carbocycles. The number of nitrogens with one attached hydrogen (secondary N) is 1. The summed E-state index contributed by atoms with van der Waals surface area (Å²) in [5.74, 6) is 0.640. The van der Waals surface area contributed by atoms with Crippen molar-refractivity contribution in [1.82, 2.24) is 9.80 Å². The molecule has 6 nitrogen and oxygen atoms in total. The average Bonchev–Trinajstić information content (AvgIpc) is 2.88. The van der Waals surface area contributed by atoms with Gasteiger partial charge in [0.05, 0.1) is 13.2 Å². The summed E-state index contributed by atoms with van der Waals surface area (Å²) in [7, 11) is 0. The molecule has 178 valence electrons. The van der Waals surface area contributed by atoms with E-state index in [0.717, 1.165) is 61.2 Å². The zero-order chi connectivity index (χ0) is 23.8. The number of amides is 1. The van der Waals surface area contributed by atoms with E-state index in [1.165, 1.54) is 11.8 Å². The highest BCUT2D eigenvalue weighted by atomic mass is 16.5. The van der Waals surface area contributed by atoms with Gasteiger partial charge in [-0.1, -0.05) is 54.1 Å². The topological polar surface area (TPSA) is 65.9 Å². The van der Waals surface area contributed by atoms with Gasteiger partial charge in [0.25, 0.3) is 5.91 Å². The van der Waals surface area contributed by atoms with Crippen molar-refractivity contribution in [2.24, 2.45) is 0 Å². The molecule has 3 aromatic rings. The maximum atomic E-state index is 13.3. The second-order valence-corrected chi connectivity index (χ2v) is 8.74. The zero-order valence-electron chi connectivity index (χ0n) is 19.8. The molecule has 0 radical (unpaired) electrons. The summed E-state index contributed by atoms with van der Waals surface area (Å²) in [6, 6.07) is 19.9. The van der Waals surface area contributed by atoms with Crippen LogP contribution in [-0.4, -0.2) is 67.9 Å². The Hall–Kier alpha value is -3.22. The van der Waals surface area contributed by atoms with Crippen LogP contribution in [0.1, 0.15) is 23.1 Å². The number of carbonyl (C=O) groups is 1. The maximum absolute atomic E-state index is 13.3. The first-order valence-electron chi connectivity index (χ1n) is 11.9. The molecular weight excluding hydrogens is 426 g/mol. The SMILES string of the molecule is Cc1ccc(CN(CCCN2CCOCC2)C(=O)COc2ccc(C=N)c3ccccc23)cc1. The number of rotatable bonds is 10. The number of hydrogen-bond donors (Lipinski definition) is 1. The fraction of sp³-hybridized carbons (Fsp3) is 0.357. The molecule has 0 atom stereocenters. The lowest BCUT2D eigenvalue weighted by molar-refractivity contribution is -0.134. The third kappa shape index (κ3) is 6.22. The minimum Gasteiger partial charge on any atom is -0.483 e. The monoisotopic (exact) mass is 459 g/mol. The van der Waals surface area contributed by atoms with Gasteiger partial charge in [-0.3, -0.25) is 9.69 Å². The Labute approximate surface area is 201 Å². The van der Waals surface area contributed by atoms with E-state index < -0.39 is 0 Å². The van der Waals surface area contributed by atoms with Crippen molar-refractivity contribution in [3.8, 4) is 5.75 Å². The minimum atomic E-state index is -0.0252. The molecule has 0 spiro atoms. The molecule has 3 aromatic carbocycles. The van der Waals surface area contributed by atoms with Gasteiger partial charge in [-0.25, -0.2) is 0 Å². The summed E-state index contributed by atoms with van der Waals surface area (Å²) in [6.45, 7) is 7.72. The standard InChI is InChI=1S/C28H33N3O3/c1-22-7-9-23(10-8-22)20-31(14-4-13-30-15-17-33-18-16-30)28(32)21-34-27-12-11-24(19-29)25-5-2-3-6-26(25)27/h2-3,5-12,19,29H,4,13-18,20-21H2,1H3. The van der Waals surface area contributed by atoms with Crippen LogP contribution in [0.3, 0.4) is 0 Å². The number of benzene rings is 3. The number of carbonyl (C=O) groups excluding carboxylic acids is 1. The largest absolute Gasteiger partial charge is 0.483 e. The first-order valence-corrected chi connectivity index (χ1v) is 11.9. The molecule has 6 heteroatoms. The number of hydrogen-bond acceptors (Lipinski definition) is 5. The molecule has 0 bridgehead atoms. The number of fused-ring (bicyclic) bond motifs is 1. The molecule has 1 N–H and O–H groups in total. The van der Waals surface area contributed by atoms with Gasteiger partial charge in [0, 0.05) is 49.9 Å². The fourth-order valence-corrected chi connectivity index (χ4v) is 4.29. The maximum Gasteiger partial charge on any atom is 0.260 e. The van der Waals surface area contributed by atoms with Crippen LogP contribution in [0.15, 0.2) is 60.7 Å². The van der Waals surface area contributed by atoms with Gasteiger partial charge in [0.2, 0.25) is 0 Å². The predicted octanol–water partition coefficient (Wildman–Crippen LogP) is 4.28. The van der Waals surface area contributed by atoms with Gasteiger partial charge in [0.1, 0.15) is 5.75 Å². The van der Waals surface area contributed by atoms with E-state index in [1.807, 2.05) is 41.3 Å². The smallest absolute Gasteiger partial charge is 0.260 e. The molecule has 1 saturated heterocycles. The number of ether oxygens (including phenoxy) is 2. The molecule has 0 unspecified atom stereocenters. The van der Waals surface area contributed by atoms with Gasteiger partial charge in [-0.05, 0) is 36.4 Å². The normalized spacial score (nSPS) is 14.1. The Morgan fingerprint density at radius 1 is 1.06 bits per heavy atom. The van der Waals surface area contributed by atoms with E-state index in [0.29, 0.717) is 18.8 Å². The highest BCUT2D eigenvalue weighted by Gasteiger charge is 2.17. The fourth-order valence-electron chi connectivity index (χ4n) is 4.29. The van der Waals surface area contributed by atoms with E-state index in [9.17, 15) is 4.79 Å². The molecule has 1 aliphatic heterocycles. The van der Waals surface area contributed by atoms with Crippen LogP contribution in [0.5, 0.6) is 5.75 Å². The lowest BCUT2D eigenvalue weighted by atomic mass is 10.0. The Morgan fingerprint density at radius 3 is 2.53 bits per heavy atom. The number of morpholine rings is 1. The van der Waals surface area contributed by atoms with Gasteiger partial charge >= 0.3 is 0 Å². The van der Waals surface area contributed by atoms with E-state index in [2.05, 4.69) is 36.1 Å². The lowest BCUT2D eigenvalue weighted by Gasteiger charge is -2.28. The Bertz CT molecular complexity index is 1110. The third-order valence-corrected chi connectivity index (χ3v) is 6.28. The van der Waals surface area contributed by atoms with Crippen LogP contribution in [0, 0.1) is 12.3 Å². The summed E-state index contributed by atoms with van der Waals surface area (Å²) < 4.78 is 11.5. The van der Waals surface area contributed by atoms with Crippen LogP contribution in [-0.2, 0) is 16.1 Å². The van der Waals surface area contributed by atoms with E-state index in [1.54, 1.807) is 0 Å². The van der Waals surface area contributed by atoms with Gasteiger partial charge in [-0.2, -0.15) is 0 Å². The highest BCUT2D eigenvalue weighted by molar-refractivity contribution is 6.01. The summed E-state index contributed by atoms with van der Waals surface area (Å²) in [5, 5.41) is 9.50. The van der Waals surface area contributed by atoms with Crippen LogP contribution in [0.4, 0.5) is 0 Å². The van der Waals surface area contributed by atoms with Crippen molar-refractivity contribution in [3.05, 3.63) is 77.4 Å². The molecular formula is C28H33N3O3. The summed E-state index contributed by atoms with van der Waals surface area (Å²) in [6.07, 6.45) is 2.25. The quantitative estimate of drug-likeness (QED) is 0.460. The van der Waals surface area contributed by atoms with E-state index >= 15 is 0 Å². The first kappa shape index (κ1) is 23.9. The van der Waals surface area contributed by atoms with Crippen LogP contribution < -0.4 is 4.74 Å². The Kier molecular flexibility index (Phi) is 8.28. The second kappa shape index (κ2) is 11.8. The molecule has 0 aliphatic carbocycles. The molecule has 1 aliphatic rings. The highest BCUT2D eigenvalue weighted by Crippen LogP contribution is 2.28. The average molecular weight is 460 g/mol. The molecule has 34 heavy (non-hydrogen) atoms. The van der Waals surface area contributed by atoms with Crippen LogP contribution in [0.2, 0.25) is 0 Å². The van der Waals surface area contributed by atoms with Crippen molar-refractivity contribution in [1.29, 1.82) is 5.41 Å². The summed E-state index contributed by atoms with van der Waals surface area (Å²) >= 11 is 0. The first-order chi connectivity index (χ1) is 16.6. The molecule has 1 fully saturated rings. The minimum absolute atomic E-state index is 0.0165. The van der Waals surface area contributed by atoms with Crippen molar-refractivity contribution >= 4 is 22.9 Å². The number of nitrogens with zero attached hydrogens (tertiary/aromatic N) is 2. The summed E-state index contributed by atoms with van der Waals surface area (Å²) in [4.78, 5) is 17.6. The van der Waals surface area contributed by atoms with E-state index in [-0.39, 0.29) is 12.5 Å². The number of aryl methyl sites for hydroxylation is 1.